The van der Waals surface area contributed by atoms with Crippen molar-refractivity contribution in [1.29, 1.82) is 0 Å². The van der Waals surface area contributed by atoms with Gasteiger partial charge in [0.05, 0.1) is 25.9 Å². The van der Waals surface area contributed by atoms with Crippen LogP contribution in [0.1, 0.15) is 19.7 Å². The van der Waals surface area contributed by atoms with E-state index in [1.54, 1.807) is 6.33 Å². The molecule has 2 heterocycles. The highest BCUT2D eigenvalue weighted by Crippen LogP contribution is 2.09. The summed E-state index contributed by atoms with van der Waals surface area (Å²) in [4.78, 5) is 4.28. The van der Waals surface area contributed by atoms with E-state index in [0.717, 1.165) is 12.4 Å². The first-order valence-corrected chi connectivity index (χ1v) is 6.48. The summed E-state index contributed by atoms with van der Waals surface area (Å²) in [5.41, 5.74) is 6.15. The van der Waals surface area contributed by atoms with E-state index in [2.05, 4.69) is 23.9 Å². The lowest BCUT2D eigenvalue weighted by molar-refractivity contribution is -0.0970. The molecule has 1 aliphatic rings. The number of ether oxygens (including phenoxy) is 2. The molecule has 2 rings (SSSR count). The maximum Gasteiger partial charge on any atom is 0.138 e. The maximum atomic E-state index is 6.15. The lowest BCUT2D eigenvalue weighted by Gasteiger charge is -2.27. The first kappa shape index (κ1) is 13.5. The zero-order valence-electron chi connectivity index (χ0n) is 11.1. The van der Waals surface area contributed by atoms with Crippen molar-refractivity contribution in [3.8, 4) is 0 Å². The van der Waals surface area contributed by atoms with Crippen LogP contribution in [0.2, 0.25) is 0 Å². The fraction of sp³-hybridized carbons (Fsp3) is 0.833. The predicted molar refractivity (Wildman–Crippen MR) is 67.1 cm³/mol. The molecule has 1 fully saturated rings. The lowest BCUT2D eigenvalue weighted by Crippen LogP contribution is -2.45. The minimum Gasteiger partial charge on any atom is -0.376 e. The molecule has 0 amide bonds. The summed E-state index contributed by atoms with van der Waals surface area (Å²) in [6, 6.07) is -0.0968. The molecule has 2 N–H and O–H groups in total. The van der Waals surface area contributed by atoms with Gasteiger partial charge in [0.25, 0.3) is 0 Å². The standard InChI is InChI=1S/C12H22N4O2/c1-9(2)6-16-12(14-8-15-16)5-10(13)11-7-17-3-4-18-11/h8-11H,3-7,13H2,1-2H3. The van der Waals surface area contributed by atoms with Gasteiger partial charge < -0.3 is 15.2 Å². The summed E-state index contributed by atoms with van der Waals surface area (Å²) in [5.74, 6) is 1.46. The third-order valence-corrected chi connectivity index (χ3v) is 2.97. The van der Waals surface area contributed by atoms with Gasteiger partial charge in [-0.05, 0) is 5.92 Å². The van der Waals surface area contributed by atoms with Gasteiger partial charge in [0.15, 0.2) is 0 Å². The molecule has 6 heteroatoms. The van der Waals surface area contributed by atoms with Crippen molar-refractivity contribution in [1.82, 2.24) is 14.8 Å². The van der Waals surface area contributed by atoms with Crippen molar-refractivity contribution in [2.75, 3.05) is 19.8 Å². The molecule has 1 aromatic rings. The third kappa shape index (κ3) is 3.51. The molecule has 6 nitrogen and oxygen atoms in total. The summed E-state index contributed by atoms with van der Waals surface area (Å²) in [6.07, 6.45) is 2.21. The molecule has 2 atom stereocenters. The molecule has 2 unspecified atom stereocenters. The second-order valence-corrected chi connectivity index (χ2v) is 5.10. The summed E-state index contributed by atoms with van der Waals surface area (Å²) in [5, 5.41) is 4.23. The van der Waals surface area contributed by atoms with Crippen LogP contribution in [0.25, 0.3) is 0 Å². The molecule has 1 saturated heterocycles. The van der Waals surface area contributed by atoms with Crippen LogP contribution in [0, 0.1) is 5.92 Å². The highest BCUT2D eigenvalue weighted by atomic mass is 16.6. The van der Waals surface area contributed by atoms with E-state index >= 15 is 0 Å². The number of rotatable bonds is 5. The smallest absolute Gasteiger partial charge is 0.138 e. The molecule has 0 aliphatic carbocycles. The van der Waals surface area contributed by atoms with E-state index in [1.165, 1.54) is 0 Å². The highest BCUT2D eigenvalue weighted by Gasteiger charge is 2.23. The van der Waals surface area contributed by atoms with E-state index in [9.17, 15) is 0 Å². The molecule has 0 aromatic carbocycles. The molecule has 0 radical (unpaired) electrons. The summed E-state index contributed by atoms with van der Waals surface area (Å²) in [7, 11) is 0. The summed E-state index contributed by atoms with van der Waals surface area (Å²) >= 11 is 0. The second kappa shape index (κ2) is 6.26. The van der Waals surface area contributed by atoms with Gasteiger partial charge in [-0.25, -0.2) is 9.67 Å². The van der Waals surface area contributed by atoms with Crippen LogP contribution in [0.5, 0.6) is 0 Å². The van der Waals surface area contributed by atoms with E-state index in [-0.39, 0.29) is 12.1 Å². The first-order valence-electron chi connectivity index (χ1n) is 6.48. The average molecular weight is 254 g/mol. The van der Waals surface area contributed by atoms with Gasteiger partial charge in [0.2, 0.25) is 0 Å². The monoisotopic (exact) mass is 254 g/mol. The molecule has 1 aromatic heterocycles. The summed E-state index contributed by atoms with van der Waals surface area (Å²) in [6.45, 7) is 7.03. The number of aromatic nitrogens is 3. The van der Waals surface area contributed by atoms with Crippen LogP contribution in [-0.4, -0.2) is 46.7 Å². The number of hydrogen-bond acceptors (Lipinski definition) is 5. The molecular formula is C12H22N4O2. The Morgan fingerprint density at radius 3 is 3.00 bits per heavy atom. The topological polar surface area (TPSA) is 75.2 Å². The van der Waals surface area contributed by atoms with Crippen LogP contribution in [0.4, 0.5) is 0 Å². The zero-order chi connectivity index (χ0) is 13.0. The average Bonchev–Trinajstić information content (AvgIpc) is 2.77. The quantitative estimate of drug-likeness (QED) is 0.813. The minimum absolute atomic E-state index is 0.0389. The van der Waals surface area contributed by atoms with Gasteiger partial charge in [-0.15, -0.1) is 0 Å². The highest BCUT2D eigenvalue weighted by molar-refractivity contribution is 4.92. The maximum absolute atomic E-state index is 6.15. The number of nitrogens with zero attached hydrogens (tertiary/aromatic N) is 3. The van der Waals surface area contributed by atoms with Crippen LogP contribution >= 0.6 is 0 Å². The van der Waals surface area contributed by atoms with Gasteiger partial charge in [-0.2, -0.15) is 5.10 Å². The van der Waals surface area contributed by atoms with Gasteiger partial charge in [-0.1, -0.05) is 13.8 Å². The second-order valence-electron chi connectivity index (χ2n) is 5.10. The van der Waals surface area contributed by atoms with Crippen molar-refractivity contribution in [2.24, 2.45) is 11.7 Å². The van der Waals surface area contributed by atoms with Gasteiger partial charge in [0.1, 0.15) is 12.2 Å². The zero-order valence-corrected chi connectivity index (χ0v) is 11.1. The number of nitrogens with two attached hydrogens (primary N) is 1. The van der Waals surface area contributed by atoms with Gasteiger partial charge in [0, 0.05) is 19.0 Å². The Morgan fingerprint density at radius 2 is 2.33 bits per heavy atom. The predicted octanol–water partition coefficient (Wildman–Crippen LogP) is 0.219. The van der Waals surface area contributed by atoms with E-state index in [1.807, 2.05) is 4.68 Å². The van der Waals surface area contributed by atoms with Crippen LogP contribution in [0.3, 0.4) is 0 Å². The Hall–Kier alpha value is -0.980. The van der Waals surface area contributed by atoms with Crippen LogP contribution in [0.15, 0.2) is 6.33 Å². The first-order chi connectivity index (χ1) is 8.66. The molecule has 0 saturated carbocycles. The van der Waals surface area contributed by atoms with Crippen molar-refractivity contribution in [2.45, 2.75) is 39.0 Å². The van der Waals surface area contributed by atoms with Crippen molar-refractivity contribution < 1.29 is 9.47 Å². The molecule has 0 spiro atoms. The Balaban J connectivity index is 1.93. The Morgan fingerprint density at radius 1 is 1.50 bits per heavy atom. The largest absolute Gasteiger partial charge is 0.376 e. The van der Waals surface area contributed by atoms with Crippen molar-refractivity contribution in [3.05, 3.63) is 12.2 Å². The summed E-state index contributed by atoms with van der Waals surface area (Å²) < 4.78 is 12.9. The minimum atomic E-state index is -0.0968. The Bertz CT molecular complexity index is 361. The van der Waals surface area contributed by atoms with Gasteiger partial charge in [-0.3, -0.25) is 0 Å². The van der Waals surface area contributed by atoms with Crippen LogP contribution < -0.4 is 5.73 Å². The normalized spacial score (nSPS) is 22.3. The van der Waals surface area contributed by atoms with Crippen LogP contribution in [-0.2, 0) is 22.4 Å². The van der Waals surface area contributed by atoms with Gasteiger partial charge >= 0.3 is 0 Å². The number of hydrogen-bond donors (Lipinski definition) is 1. The molecule has 1 aliphatic heterocycles. The molecule has 18 heavy (non-hydrogen) atoms. The lowest BCUT2D eigenvalue weighted by atomic mass is 10.1. The van der Waals surface area contributed by atoms with Crippen molar-refractivity contribution in [3.63, 3.8) is 0 Å². The van der Waals surface area contributed by atoms with E-state index in [4.69, 9.17) is 15.2 Å². The molecular weight excluding hydrogens is 232 g/mol. The van der Waals surface area contributed by atoms with Crippen molar-refractivity contribution >= 4 is 0 Å². The molecule has 0 bridgehead atoms. The van der Waals surface area contributed by atoms with E-state index in [0.29, 0.717) is 32.2 Å². The Labute approximate surface area is 107 Å². The fourth-order valence-electron chi connectivity index (χ4n) is 2.04. The SMILES string of the molecule is CC(C)Cn1ncnc1CC(N)C1COCCO1. The molecule has 102 valence electrons. The van der Waals surface area contributed by atoms with E-state index < -0.39 is 0 Å². The third-order valence-electron chi connectivity index (χ3n) is 2.97. The fourth-order valence-corrected chi connectivity index (χ4v) is 2.04. The Kier molecular flexibility index (Phi) is 4.68.